The first-order chi connectivity index (χ1) is 12.0. The number of fused-ring (bicyclic) bond motifs is 1. The second-order valence-corrected chi connectivity index (χ2v) is 7.30. The molecular formula is C20H23N3O2. The van der Waals surface area contributed by atoms with E-state index in [2.05, 4.69) is 30.2 Å². The molecule has 2 aliphatic rings. The fourth-order valence-electron chi connectivity index (χ4n) is 4.13. The minimum absolute atomic E-state index is 0.0603. The molecule has 2 atom stereocenters. The van der Waals surface area contributed by atoms with Crippen LogP contribution in [0.25, 0.3) is 0 Å². The van der Waals surface area contributed by atoms with Gasteiger partial charge in [0.1, 0.15) is 0 Å². The van der Waals surface area contributed by atoms with E-state index in [-0.39, 0.29) is 23.7 Å². The zero-order chi connectivity index (χ0) is 17.6. The second kappa shape index (κ2) is 6.14. The summed E-state index contributed by atoms with van der Waals surface area (Å²) in [5, 5.41) is 4.58. The van der Waals surface area contributed by atoms with Crippen molar-refractivity contribution in [2.45, 2.75) is 46.1 Å². The quantitative estimate of drug-likeness (QED) is 0.808. The van der Waals surface area contributed by atoms with Gasteiger partial charge in [-0.05, 0) is 32.3 Å². The SMILES string of the molecule is Cc1cccc(Cn2nc(N3C(=O)[C@H]4CCCC[C@H]4C3=O)cc2C)c1. The van der Waals surface area contributed by atoms with Crippen molar-refractivity contribution >= 4 is 17.6 Å². The van der Waals surface area contributed by atoms with Gasteiger partial charge in [-0.1, -0.05) is 42.7 Å². The lowest BCUT2D eigenvalue weighted by Crippen LogP contribution is -2.31. The fraction of sp³-hybridized carbons (Fsp3) is 0.450. The average Bonchev–Trinajstić information content (AvgIpc) is 3.06. The third kappa shape index (κ3) is 2.77. The smallest absolute Gasteiger partial charge is 0.238 e. The topological polar surface area (TPSA) is 55.2 Å². The summed E-state index contributed by atoms with van der Waals surface area (Å²) in [5.41, 5.74) is 3.31. The van der Waals surface area contributed by atoms with Crippen molar-refractivity contribution in [3.8, 4) is 0 Å². The lowest BCUT2D eigenvalue weighted by molar-refractivity contribution is -0.122. The molecule has 1 aliphatic carbocycles. The number of benzene rings is 1. The van der Waals surface area contributed by atoms with Crippen LogP contribution in [0.1, 0.15) is 42.5 Å². The molecule has 1 aromatic carbocycles. The molecule has 2 fully saturated rings. The standard InChI is InChI=1S/C20H23N3O2/c1-13-6-5-7-15(10-13)12-22-14(2)11-18(21-22)23-19(24)16-8-3-4-9-17(16)20(23)25/h5-7,10-11,16-17H,3-4,8-9,12H2,1-2H3/t16-,17+. The first kappa shape index (κ1) is 16.1. The number of hydrogen-bond acceptors (Lipinski definition) is 3. The molecule has 25 heavy (non-hydrogen) atoms. The van der Waals surface area contributed by atoms with Crippen LogP contribution in [0.15, 0.2) is 30.3 Å². The Morgan fingerprint density at radius 3 is 2.36 bits per heavy atom. The molecule has 4 rings (SSSR count). The maximum Gasteiger partial charge on any atom is 0.238 e. The van der Waals surface area contributed by atoms with Gasteiger partial charge in [0.25, 0.3) is 0 Å². The van der Waals surface area contributed by atoms with Gasteiger partial charge in [0.15, 0.2) is 5.82 Å². The summed E-state index contributed by atoms with van der Waals surface area (Å²) in [4.78, 5) is 26.8. The minimum atomic E-state index is -0.136. The van der Waals surface area contributed by atoms with E-state index >= 15 is 0 Å². The number of imide groups is 1. The van der Waals surface area contributed by atoms with Crippen molar-refractivity contribution in [3.63, 3.8) is 0 Å². The highest BCUT2D eigenvalue weighted by molar-refractivity contribution is 6.21. The van der Waals surface area contributed by atoms with Crippen LogP contribution >= 0.6 is 0 Å². The first-order valence-corrected chi connectivity index (χ1v) is 9.02. The van der Waals surface area contributed by atoms with Gasteiger partial charge < -0.3 is 0 Å². The van der Waals surface area contributed by atoms with E-state index < -0.39 is 0 Å². The Bertz CT molecular complexity index is 815. The second-order valence-electron chi connectivity index (χ2n) is 7.30. The fourth-order valence-corrected chi connectivity index (χ4v) is 4.13. The first-order valence-electron chi connectivity index (χ1n) is 9.02. The molecule has 2 amide bonds. The zero-order valence-corrected chi connectivity index (χ0v) is 14.7. The van der Waals surface area contributed by atoms with E-state index in [0.29, 0.717) is 12.4 Å². The number of amides is 2. The predicted octanol–water partition coefficient (Wildman–Crippen LogP) is 3.23. The Balaban J connectivity index is 1.61. The number of nitrogens with zero attached hydrogens (tertiary/aromatic N) is 3. The van der Waals surface area contributed by atoms with E-state index in [4.69, 9.17) is 0 Å². The minimum Gasteiger partial charge on any atom is -0.274 e. The van der Waals surface area contributed by atoms with E-state index in [9.17, 15) is 9.59 Å². The zero-order valence-electron chi connectivity index (χ0n) is 14.7. The third-order valence-corrected chi connectivity index (χ3v) is 5.45. The molecule has 0 spiro atoms. The van der Waals surface area contributed by atoms with Crippen LogP contribution in [0.4, 0.5) is 5.82 Å². The molecule has 1 aliphatic heterocycles. The van der Waals surface area contributed by atoms with Crippen molar-refractivity contribution in [3.05, 3.63) is 47.2 Å². The van der Waals surface area contributed by atoms with Crippen LogP contribution in [-0.2, 0) is 16.1 Å². The summed E-state index contributed by atoms with van der Waals surface area (Å²) >= 11 is 0. The number of hydrogen-bond donors (Lipinski definition) is 0. The van der Waals surface area contributed by atoms with Gasteiger partial charge in [-0.2, -0.15) is 5.10 Å². The van der Waals surface area contributed by atoms with Crippen LogP contribution in [-0.4, -0.2) is 21.6 Å². The van der Waals surface area contributed by atoms with Gasteiger partial charge in [0.05, 0.1) is 18.4 Å². The van der Waals surface area contributed by atoms with Crippen molar-refractivity contribution in [1.82, 2.24) is 9.78 Å². The molecular weight excluding hydrogens is 314 g/mol. The molecule has 1 aromatic heterocycles. The Morgan fingerprint density at radius 1 is 1.04 bits per heavy atom. The Hall–Kier alpha value is -2.43. The van der Waals surface area contributed by atoms with Gasteiger partial charge >= 0.3 is 0 Å². The molecule has 0 bridgehead atoms. The van der Waals surface area contributed by atoms with E-state index in [1.54, 1.807) is 0 Å². The van der Waals surface area contributed by atoms with E-state index in [1.807, 2.05) is 23.7 Å². The largest absolute Gasteiger partial charge is 0.274 e. The lowest BCUT2D eigenvalue weighted by atomic mass is 9.81. The van der Waals surface area contributed by atoms with E-state index in [0.717, 1.165) is 36.9 Å². The Morgan fingerprint density at radius 2 is 1.72 bits per heavy atom. The van der Waals surface area contributed by atoms with Gasteiger partial charge in [-0.25, -0.2) is 4.90 Å². The van der Waals surface area contributed by atoms with Crippen molar-refractivity contribution in [1.29, 1.82) is 0 Å². The summed E-state index contributed by atoms with van der Waals surface area (Å²) in [6.45, 7) is 4.66. The van der Waals surface area contributed by atoms with Crippen LogP contribution < -0.4 is 4.90 Å². The number of anilines is 1. The summed E-state index contributed by atoms with van der Waals surface area (Å²) in [6.07, 6.45) is 3.73. The Labute approximate surface area is 147 Å². The highest BCUT2D eigenvalue weighted by atomic mass is 16.2. The van der Waals surface area contributed by atoms with Crippen LogP contribution in [0, 0.1) is 25.7 Å². The van der Waals surface area contributed by atoms with Gasteiger partial charge in [0, 0.05) is 11.8 Å². The van der Waals surface area contributed by atoms with Crippen LogP contribution in [0.3, 0.4) is 0 Å². The normalized spacial score (nSPS) is 23.2. The molecule has 0 radical (unpaired) electrons. The number of carbonyl (C=O) groups excluding carboxylic acids is 2. The highest BCUT2D eigenvalue weighted by Crippen LogP contribution is 2.39. The number of rotatable bonds is 3. The molecule has 1 saturated carbocycles. The highest BCUT2D eigenvalue weighted by Gasteiger charge is 2.49. The summed E-state index contributed by atoms with van der Waals surface area (Å²) in [7, 11) is 0. The van der Waals surface area contributed by atoms with Crippen LogP contribution in [0.2, 0.25) is 0 Å². The van der Waals surface area contributed by atoms with Gasteiger partial charge in [-0.15, -0.1) is 0 Å². The number of carbonyl (C=O) groups is 2. The number of aryl methyl sites for hydroxylation is 2. The Kier molecular flexibility index (Phi) is 3.94. The van der Waals surface area contributed by atoms with E-state index in [1.165, 1.54) is 10.5 Å². The number of aromatic nitrogens is 2. The van der Waals surface area contributed by atoms with Crippen molar-refractivity contribution in [2.24, 2.45) is 11.8 Å². The molecule has 1 saturated heterocycles. The average molecular weight is 337 g/mol. The molecule has 5 nitrogen and oxygen atoms in total. The summed E-state index contributed by atoms with van der Waals surface area (Å²) in [5.74, 6) is 0.0892. The molecule has 0 N–H and O–H groups in total. The lowest BCUT2D eigenvalue weighted by Gasteiger charge is -2.19. The maximum absolute atomic E-state index is 12.7. The van der Waals surface area contributed by atoms with Crippen molar-refractivity contribution in [2.75, 3.05) is 4.90 Å². The third-order valence-electron chi connectivity index (χ3n) is 5.45. The molecule has 5 heteroatoms. The molecule has 130 valence electrons. The predicted molar refractivity (Wildman–Crippen MR) is 95.2 cm³/mol. The van der Waals surface area contributed by atoms with Gasteiger partial charge in [0.2, 0.25) is 11.8 Å². The molecule has 2 aromatic rings. The molecule has 0 unspecified atom stereocenters. The molecule has 2 heterocycles. The van der Waals surface area contributed by atoms with Gasteiger partial charge in [-0.3, -0.25) is 14.3 Å². The summed E-state index contributed by atoms with van der Waals surface area (Å²) in [6, 6.07) is 10.1. The van der Waals surface area contributed by atoms with Crippen LogP contribution in [0.5, 0.6) is 0 Å². The van der Waals surface area contributed by atoms with Crippen molar-refractivity contribution < 1.29 is 9.59 Å². The maximum atomic E-state index is 12.7. The monoisotopic (exact) mass is 337 g/mol. The summed E-state index contributed by atoms with van der Waals surface area (Å²) < 4.78 is 1.87.